The largest absolute Gasteiger partial charge is 0.397 e. The number of rotatable bonds is 6. The van der Waals surface area contributed by atoms with E-state index in [1.54, 1.807) is 12.1 Å². The number of halogens is 1. The second kappa shape index (κ2) is 6.69. The van der Waals surface area contributed by atoms with E-state index in [1.807, 2.05) is 6.92 Å². The van der Waals surface area contributed by atoms with E-state index in [9.17, 15) is 9.18 Å². The summed E-state index contributed by atoms with van der Waals surface area (Å²) < 4.78 is 19.7. The molecule has 0 saturated carbocycles. The van der Waals surface area contributed by atoms with Gasteiger partial charge in [0.2, 0.25) is 0 Å². The number of carbonyl (C=O) groups excluding carboxylic acids is 1. The van der Waals surface area contributed by atoms with E-state index in [4.69, 9.17) is 10.5 Å². The molecule has 0 radical (unpaired) electrons. The lowest BCUT2D eigenvalue weighted by atomic mass is 10.2. The molecule has 4 nitrogen and oxygen atoms in total. The molecule has 6 heteroatoms. The Bertz CT molecular complexity index is 682. The monoisotopic (exact) mass is 308 g/mol. The molecule has 2 rings (SSSR count). The zero-order valence-electron chi connectivity index (χ0n) is 11.7. The number of hydrogen-bond acceptors (Lipinski definition) is 4. The van der Waals surface area contributed by atoms with Crippen LogP contribution in [0.2, 0.25) is 0 Å². The van der Waals surface area contributed by atoms with E-state index >= 15 is 0 Å². The Morgan fingerprint density at radius 2 is 2.29 bits per heavy atom. The summed E-state index contributed by atoms with van der Waals surface area (Å²) in [6.07, 6.45) is 0. The Morgan fingerprint density at radius 1 is 1.52 bits per heavy atom. The van der Waals surface area contributed by atoms with E-state index in [0.29, 0.717) is 34.7 Å². The number of thiophene rings is 1. The molecule has 0 aliphatic heterocycles. The fourth-order valence-electron chi connectivity index (χ4n) is 1.86. The average Bonchev–Trinajstić information content (AvgIpc) is 2.76. The fourth-order valence-corrected chi connectivity index (χ4v) is 2.91. The van der Waals surface area contributed by atoms with Crippen LogP contribution in [-0.4, -0.2) is 25.7 Å². The summed E-state index contributed by atoms with van der Waals surface area (Å²) >= 11 is 1.18. The van der Waals surface area contributed by atoms with E-state index < -0.39 is 5.82 Å². The zero-order valence-corrected chi connectivity index (χ0v) is 12.6. The second-order valence-corrected chi connectivity index (χ2v) is 5.78. The summed E-state index contributed by atoms with van der Waals surface area (Å²) in [4.78, 5) is 12.4. The van der Waals surface area contributed by atoms with Gasteiger partial charge in [-0.1, -0.05) is 18.2 Å². The molecule has 2 aromatic rings. The number of hydrogen-bond donors (Lipinski definition) is 2. The number of amides is 1. The van der Waals surface area contributed by atoms with Gasteiger partial charge < -0.3 is 15.8 Å². The highest BCUT2D eigenvalue weighted by molar-refractivity contribution is 7.21. The molecular formula is C15H17FN2O2S. The number of nitrogens with one attached hydrogen (secondary N) is 1. The van der Waals surface area contributed by atoms with Crippen LogP contribution in [0.3, 0.4) is 0 Å². The lowest BCUT2D eigenvalue weighted by Gasteiger charge is -2.05. The van der Waals surface area contributed by atoms with E-state index in [1.165, 1.54) is 17.4 Å². The van der Waals surface area contributed by atoms with Gasteiger partial charge in [-0.2, -0.15) is 0 Å². The Labute approximate surface area is 126 Å². The molecule has 1 amide bonds. The fraction of sp³-hybridized carbons (Fsp3) is 0.267. The number of anilines is 1. The Balaban J connectivity index is 2.01. The molecule has 1 aromatic heterocycles. The smallest absolute Gasteiger partial charge is 0.263 e. The SMILES string of the molecule is C=C(C)COCCNC(=O)c1sc2cccc(F)c2c1N. The number of fused-ring (bicyclic) bond motifs is 1. The third-order valence-electron chi connectivity index (χ3n) is 2.79. The van der Waals surface area contributed by atoms with Crippen LogP contribution in [0.25, 0.3) is 10.1 Å². The number of benzene rings is 1. The van der Waals surface area contributed by atoms with Crippen LogP contribution in [0.5, 0.6) is 0 Å². The number of carbonyl (C=O) groups is 1. The third kappa shape index (κ3) is 3.59. The van der Waals surface area contributed by atoms with Crippen LogP contribution in [0.15, 0.2) is 30.4 Å². The molecule has 21 heavy (non-hydrogen) atoms. The molecule has 0 atom stereocenters. The van der Waals surface area contributed by atoms with Gasteiger partial charge in [-0.15, -0.1) is 11.3 Å². The van der Waals surface area contributed by atoms with E-state index in [-0.39, 0.29) is 11.6 Å². The maximum absolute atomic E-state index is 13.7. The molecule has 112 valence electrons. The minimum Gasteiger partial charge on any atom is -0.397 e. The van der Waals surface area contributed by atoms with Gasteiger partial charge in [-0.25, -0.2) is 4.39 Å². The summed E-state index contributed by atoms with van der Waals surface area (Å²) in [6, 6.07) is 4.67. The summed E-state index contributed by atoms with van der Waals surface area (Å²) in [7, 11) is 0. The van der Waals surface area contributed by atoms with Gasteiger partial charge in [-0.05, 0) is 19.1 Å². The first kappa shape index (κ1) is 15.5. The van der Waals surface area contributed by atoms with Gasteiger partial charge in [0.1, 0.15) is 10.7 Å². The topological polar surface area (TPSA) is 64.3 Å². The van der Waals surface area contributed by atoms with Crippen molar-refractivity contribution in [3.05, 3.63) is 41.0 Å². The first-order valence-corrected chi connectivity index (χ1v) is 7.29. The molecule has 0 spiro atoms. The summed E-state index contributed by atoms with van der Waals surface area (Å²) in [5, 5.41) is 3.02. The Hall–Kier alpha value is -1.92. The number of nitrogen functional groups attached to an aromatic ring is 1. The van der Waals surface area contributed by atoms with Crippen LogP contribution < -0.4 is 11.1 Å². The van der Waals surface area contributed by atoms with Crippen molar-refractivity contribution in [2.75, 3.05) is 25.5 Å². The molecule has 3 N–H and O–H groups in total. The van der Waals surface area contributed by atoms with Crippen molar-refractivity contribution in [1.29, 1.82) is 0 Å². The van der Waals surface area contributed by atoms with Crippen molar-refractivity contribution in [2.24, 2.45) is 0 Å². The molecule has 0 saturated heterocycles. The molecule has 0 unspecified atom stereocenters. The van der Waals surface area contributed by atoms with Crippen molar-refractivity contribution in [3.8, 4) is 0 Å². The van der Waals surface area contributed by atoms with Crippen molar-refractivity contribution >= 4 is 33.0 Å². The van der Waals surface area contributed by atoms with Gasteiger partial charge in [-0.3, -0.25) is 4.79 Å². The first-order chi connectivity index (χ1) is 10.0. The van der Waals surface area contributed by atoms with Gasteiger partial charge in [0.05, 0.1) is 24.3 Å². The van der Waals surface area contributed by atoms with E-state index in [2.05, 4.69) is 11.9 Å². The minimum absolute atomic E-state index is 0.188. The van der Waals surface area contributed by atoms with Crippen molar-refractivity contribution < 1.29 is 13.9 Å². The summed E-state index contributed by atoms with van der Waals surface area (Å²) in [5.41, 5.74) is 6.99. The highest BCUT2D eigenvalue weighted by Crippen LogP contribution is 2.35. The third-order valence-corrected chi connectivity index (χ3v) is 3.96. The normalized spacial score (nSPS) is 10.8. The number of nitrogens with two attached hydrogens (primary N) is 1. The second-order valence-electron chi connectivity index (χ2n) is 4.72. The van der Waals surface area contributed by atoms with Gasteiger partial charge >= 0.3 is 0 Å². The van der Waals surface area contributed by atoms with Crippen molar-refractivity contribution in [3.63, 3.8) is 0 Å². The van der Waals surface area contributed by atoms with Crippen LogP contribution in [0.1, 0.15) is 16.6 Å². The highest BCUT2D eigenvalue weighted by atomic mass is 32.1. The van der Waals surface area contributed by atoms with Crippen LogP contribution in [-0.2, 0) is 4.74 Å². The predicted molar refractivity (Wildman–Crippen MR) is 84.2 cm³/mol. The van der Waals surface area contributed by atoms with Gasteiger partial charge in [0.25, 0.3) is 5.91 Å². The maximum Gasteiger partial charge on any atom is 0.263 e. The van der Waals surface area contributed by atoms with Crippen LogP contribution >= 0.6 is 11.3 Å². The van der Waals surface area contributed by atoms with Crippen LogP contribution in [0, 0.1) is 5.82 Å². The van der Waals surface area contributed by atoms with Gasteiger partial charge in [0, 0.05) is 11.2 Å². The quantitative estimate of drug-likeness (QED) is 0.637. The molecule has 0 aliphatic rings. The molecule has 0 bridgehead atoms. The standard InChI is InChI=1S/C15H17FN2O2S/c1-9(2)8-20-7-6-18-15(19)14-13(17)12-10(16)4-3-5-11(12)21-14/h3-5H,1,6-8,17H2,2H3,(H,18,19). The first-order valence-electron chi connectivity index (χ1n) is 6.47. The lowest BCUT2D eigenvalue weighted by Crippen LogP contribution is -2.27. The molecule has 0 aliphatic carbocycles. The molecule has 0 fully saturated rings. The highest BCUT2D eigenvalue weighted by Gasteiger charge is 2.18. The molecule has 1 aromatic carbocycles. The summed E-state index contributed by atoms with van der Waals surface area (Å²) in [5.74, 6) is -0.725. The predicted octanol–water partition coefficient (Wildman–Crippen LogP) is 2.95. The van der Waals surface area contributed by atoms with Gasteiger partial charge in [0.15, 0.2) is 0 Å². The lowest BCUT2D eigenvalue weighted by molar-refractivity contribution is 0.0931. The summed E-state index contributed by atoms with van der Waals surface area (Å²) in [6.45, 7) is 6.80. The molecule has 1 heterocycles. The Kier molecular flexibility index (Phi) is 4.93. The maximum atomic E-state index is 13.7. The average molecular weight is 308 g/mol. The minimum atomic E-state index is -0.412. The van der Waals surface area contributed by atoms with Crippen molar-refractivity contribution in [2.45, 2.75) is 6.92 Å². The van der Waals surface area contributed by atoms with E-state index in [0.717, 1.165) is 5.57 Å². The van der Waals surface area contributed by atoms with Crippen molar-refractivity contribution in [1.82, 2.24) is 5.32 Å². The number of ether oxygens (including phenoxy) is 1. The Morgan fingerprint density at radius 3 is 2.95 bits per heavy atom. The van der Waals surface area contributed by atoms with Crippen LogP contribution in [0.4, 0.5) is 10.1 Å². The zero-order chi connectivity index (χ0) is 15.4. The molecular weight excluding hydrogens is 291 g/mol.